The maximum Gasteiger partial charge on any atom is 0.265 e. The fraction of sp³-hybridized carbons (Fsp3) is 0.0833. The Bertz CT molecular complexity index is 583. The first-order valence-corrected chi connectivity index (χ1v) is 6.73. The van der Waals surface area contributed by atoms with Gasteiger partial charge in [0.2, 0.25) is 0 Å². The van der Waals surface area contributed by atoms with E-state index >= 15 is 0 Å². The lowest BCUT2D eigenvalue weighted by Crippen LogP contribution is -2.11. The Kier molecular flexibility index (Phi) is 4.16. The molecule has 1 amide bonds. The van der Waals surface area contributed by atoms with Crippen molar-refractivity contribution >= 4 is 47.2 Å². The number of ether oxygens (including phenoxy) is 1. The number of carbonyl (C=O) groups excluding carboxylic acids is 1. The summed E-state index contributed by atoms with van der Waals surface area (Å²) in [6, 6.07) is 6.76. The Morgan fingerprint density at radius 2 is 2.22 bits per heavy atom. The lowest BCUT2D eigenvalue weighted by Gasteiger charge is -2.09. The first kappa shape index (κ1) is 13.3. The van der Waals surface area contributed by atoms with E-state index in [1.807, 2.05) is 0 Å². The second kappa shape index (κ2) is 5.65. The molecule has 0 atom stereocenters. The minimum atomic E-state index is -0.208. The summed E-state index contributed by atoms with van der Waals surface area (Å²) >= 11 is 11.4. The van der Waals surface area contributed by atoms with Crippen molar-refractivity contribution in [1.29, 1.82) is 0 Å². The number of carbonyl (C=O) groups is 1. The average molecular weight is 300 g/mol. The summed E-state index contributed by atoms with van der Waals surface area (Å²) in [5, 5.41) is 5.09. The van der Waals surface area contributed by atoms with E-state index < -0.39 is 0 Å². The van der Waals surface area contributed by atoms with E-state index in [0.717, 1.165) is 4.90 Å². The van der Waals surface area contributed by atoms with Gasteiger partial charge in [0.05, 0.1) is 17.7 Å². The summed E-state index contributed by atoms with van der Waals surface area (Å²) in [5.74, 6) is 0.358. The number of thiophene rings is 1. The predicted molar refractivity (Wildman–Crippen MR) is 77.5 cm³/mol. The second-order valence-electron chi connectivity index (χ2n) is 3.47. The fourth-order valence-electron chi connectivity index (χ4n) is 1.41. The number of nitrogens with one attached hydrogen (secondary N) is 1. The lowest BCUT2D eigenvalue weighted by molar-refractivity contribution is 0.103. The molecule has 0 aliphatic carbocycles. The van der Waals surface area contributed by atoms with Crippen LogP contribution in [0.1, 0.15) is 9.67 Å². The molecule has 1 N–H and O–H groups in total. The Morgan fingerprint density at radius 1 is 1.44 bits per heavy atom. The molecule has 3 nitrogen and oxygen atoms in total. The molecule has 0 unspecified atom stereocenters. The Morgan fingerprint density at radius 3 is 2.83 bits per heavy atom. The minimum absolute atomic E-state index is 0.208. The third-order valence-electron chi connectivity index (χ3n) is 2.22. The monoisotopic (exact) mass is 299 g/mol. The smallest absolute Gasteiger partial charge is 0.265 e. The van der Waals surface area contributed by atoms with Crippen molar-refractivity contribution in [1.82, 2.24) is 0 Å². The number of hydrogen-bond acceptors (Lipinski definition) is 4. The van der Waals surface area contributed by atoms with Crippen molar-refractivity contribution in [3.8, 4) is 5.75 Å². The zero-order chi connectivity index (χ0) is 13.1. The number of hydrogen-bond donors (Lipinski definition) is 2. The molecule has 0 saturated carbocycles. The van der Waals surface area contributed by atoms with Crippen LogP contribution in [0.2, 0.25) is 5.02 Å². The van der Waals surface area contributed by atoms with Crippen LogP contribution in [0.4, 0.5) is 5.69 Å². The van der Waals surface area contributed by atoms with Gasteiger partial charge in [0.25, 0.3) is 5.91 Å². The van der Waals surface area contributed by atoms with Crippen LogP contribution in [0.25, 0.3) is 0 Å². The molecule has 18 heavy (non-hydrogen) atoms. The zero-order valence-electron chi connectivity index (χ0n) is 9.44. The first-order chi connectivity index (χ1) is 8.60. The normalized spacial score (nSPS) is 10.2. The molecule has 0 bridgehead atoms. The number of methoxy groups -OCH3 is 1. The van der Waals surface area contributed by atoms with Gasteiger partial charge in [0.15, 0.2) is 0 Å². The van der Waals surface area contributed by atoms with Gasteiger partial charge in [-0.15, -0.1) is 24.0 Å². The van der Waals surface area contributed by atoms with Crippen LogP contribution < -0.4 is 10.1 Å². The largest absolute Gasteiger partial charge is 0.495 e. The zero-order valence-corrected chi connectivity index (χ0v) is 11.9. The molecular weight excluding hydrogens is 290 g/mol. The van der Waals surface area contributed by atoms with E-state index in [0.29, 0.717) is 21.3 Å². The van der Waals surface area contributed by atoms with Gasteiger partial charge < -0.3 is 10.1 Å². The molecule has 0 saturated heterocycles. The minimum Gasteiger partial charge on any atom is -0.495 e. The van der Waals surface area contributed by atoms with Gasteiger partial charge in [0.1, 0.15) is 5.75 Å². The third kappa shape index (κ3) is 2.98. The summed E-state index contributed by atoms with van der Waals surface area (Å²) in [7, 11) is 1.54. The lowest BCUT2D eigenvalue weighted by atomic mass is 10.3. The van der Waals surface area contributed by atoms with Crippen LogP contribution >= 0.6 is 35.6 Å². The standard InChI is InChI=1S/C12H10ClNO2S2/c1-16-10-3-2-7(13)4-9(10)14-12(15)11-5-8(17)6-18-11/h2-6,17H,1H3,(H,14,15). The highest BCUT2D eigenvalue weighted by Crippen LogP contribution is 2.28. The highest BCUT2D eigenvalue weighted by Gasteiger charge is 2.11. The molecule has 1 heterocycles. The van der Waals surface area contributed by atoms with E-state index in [1.165, 1.54) is 18.4 Å². The molecule has 6 heteroatoms. The predicted octanol–water partition coefficient (Wildman–Crippen LogP) is 3.95. The van der Waals surface area contributed by atoms with Gasteiger partial charge in [-0.3, -0.25) is 4.79 Å². The maximum atomic E-state index is 12.0. The Balaban J connectivity index is 2.23. The average Bonchev–Trinajstić information content (AvgIpc) is 2.76. The van der Waals surface area contributed by atoms with Crippen LogP contribution in [0.3, 0.4) is 0 Å². The van der Waals surface area contributed by atoms with Gasteiger partial charge in [0, 0.05) is 15.3 Å². The van der Waals surface area contributed by atoms with E-state index in [-0.39, 0.29) is 5.91 Å². The molecule has 94 valence electrons. The fourth-order valence-corrected chi connectivity index (χ4v) is 2.62. The third-order valence-corrected chi connectivity index (χ3v) is 3.82. The van der Waals surface area contributed by atoms with Crippen LogP contribution in [-0.2, 0) is 0 Å². The SMILES string of the molecule is COc1ccc(Cl)cc1NC(=O)c1cc(S)cs1. The van der Waals surface area contributed by atoms with E-state index in [1.54, 1.807) is 29.6 Å². The van der Waals surface area contributed by atoms with Gasteiger partial charge in [-0.05, 0) is 24.3 Å². The molecule has 0 aliphatic rings. The summed E-state index contributed by atoms with van der Waals surface area (Å²) in [4.78, 5) is 13.3. The molecule has 0 spiro atoms. The molecule has 1 aromatic heterocycles. The summed E-state index contributed by atoms with van der Waals surface area (Å²) < 4.78 is 5.16. The highest BCUT2D eigenvalue weighted by molar-refractivity contribution is 7.80. The van der Waals surface area contributed by atoms with Crippen LogP contribution in [0.5, 0.6) is 5.75 Å². The first-order valence-electron chi connectivity index (χ1n) is 5.02. The van der Waals surface area contributed by atoms with Gasteiger partial charge >= 0.3 is 0 Å². The van der Waals surface area contributed by atoms with Gasteiger partial charge in [-0.1, -0.05) is 11.6 Å². The van der Waals surface area contributed by atoms with Crippen molar-refractivity contribution in [3.05, 3.63) is 39.5 Å². The van der Waals surface area contributed by atoms with Gasteiger partial charge in [-0.25, -0.2) is 0 Å². The van der Waals surface area contributed by atoms with Crippen molar-refractivity contribution in [2.24, 2.45) is 0 Å². The van der Waals surface area contributed by atoms with Gasteiger partial charge in [-0.2, -0.15) is 0 Å². The summed E-state index contributed by atoms with van der Waals surface area (Å²) in [5.41, 5.74) is 0.545. The number of thiol groups is 1. The topological polar surface area (TPSA) is 38.3 Å². The van der Waals surface area contributed by atoms with Crippen molar-refractivity contribution in [3.63, 3.8) is 0 Å². The molecule has 0 aliphatic heterocycles. The van der Waals surface area contributed by atoms with Crippen molar-refractivity contribution < 1.29 is 9.53 Å². The molecule has 0 fully saturated rings. The number of halogens is 1. The number of benzene rings is 1. The Labute approximate surface area is 119 Å². The maximum absolute atomic E-state index is 12.0. The quantitative estimate of drug-likeness (QED) is 0.842. The molecular formula is C12H10ClNO2S2. The number of anilines is 1. The number of rotatable bonds is 3. The van der Waals surface area contributed by atoms with E-state index in [9.17, 15) is 4.79 Å². The second-order valence-corrected chi connectivity index (χ2v) is 5.33. The molecule has 2 aromatic rings. The van der Waals surface area contributed by atoms with Crippen molar-refractivity contribution in [2.75, 3.05) is 12.4 Å². The number of amides is 1. The summed E-state index contributed by atoms with van der Waals surface area (Å²) in [6.07, 6.45) is 0. The van der Waals surface area contributed by atoms with Crippen LogP contribution in [0, 0.1) is 0 Å². The van der Waals surface area contributed by atoms with Crippen molar-refractivity contribution in [2.45, 2.75) is 4.90 Å². The highest BCUT2D eigenvalue weighted by atomic mass is 35.5. The van der Waals surface area contributed by atoms with E-state index in [2.05, 4.69) is 17.9 Å². The Hall–Kier alpha value is -1.17. The molecule has 0 radical (unpaired) electrons. The van der Waals surface area contributed by atoms with Crippen LogP contribution in [-0.4, -0.2) is 13.0 Å². The summed E-state index contributed by atoms with van der Waals surface area (Å²) in [6.45, 7) is 0. The molecule has 2 rings (SSSR count). The molecule has 1 aromatic carbocycles. The van der Waals surface area contributed by atoms with Crippen LogP contribution in [0.15, 0.2) is 34.5 Å². The van der Waals surface area contributed by atoms with E-state index in [4.69, 9.17) is 16.3 Å².